The number of carbonyl (C=O) groups excluding carboxylic acids is 2. The van der Waals surface area contributed by atoms with Crippen molar-refractivity contribution in [2.75, 3.05) is 19.7 Å². The minimum Gasteiger partial charge on any atom is -0.393 e. The summed E-state index contributed by atoms with van der Waals surface area (Å²) in [6.45, 7) is 9.05. The molecule has 8 unspecified atom stereocenters. The molecule has 6 heteroatoms. The van der Waals surface area contributed by atoms with Crippen LogP contribution in [0.2, 0.25) is 0 Å². The van der Waals surface area contributed by atoms with Gasteiger partial charge in [-0.3, -0.25) is 9.59 Å². The minimum absolute atomic E-state index is 0.00773. The van der Waals surface area contributed by atoms with Crippen LogP contribution in [-0.2, 0) is 9.59 Å². The Kier molecular flexibility index (Phi) is 7.27. The molecule has 0 bridgehead atoms. The number of rotatable bonds is 8. The second-order valence-electron chi connectivity index (χ2n) is 12.0. The van der Waals surface area contributed by atoms with Gasteiger partial charge in [0.25, 0.3) is 0 Å². The predicted octanol–water partition coefficient (Wildman–Crippen LogP) is 3.80. The zero-order chi connectivity index (χ0) is 24.8. The van der Waals surface area contributed by atoms with E-state index in [2.05, 4.69) is 27.7 Å². The third-order valence-corrected chi connectivity index (χ3v) is 10.2. The van der Waals surface area contributed by atoms with E-state index in [9.17, 15) is 25.0 Å². The van der Waals surface area contributed by atoms with Gasteiger partial charge in [0.05, 0.1) is 6.10 Å². The number of hydrogen-bond donors (Lipinski definition) is 3. The SMILES string of the molecule is CCC(CC)CN(O)CC1CC2C3CCC4=CC(=O)C=CC4(C)C3C(O)CC2(C)C1C(=O)CO. The van der Waals surface area contributed by atoms with Gasteiger partial charge in [-0.05, 0) is 66.9 Å². The van der Waals surface area contributed by atoms with Crippen molar-refractivity contribution in [3.63, 3.8) is 0 Å². The average molecular weight is 474 g/mol. The van der Waals surface area contributed by atoms with Gasteiger partial charge in [0.15, 0.2) is 11.6 Å². The van der Waals surface area contributed by atoms with Gasteiger partial charge in [-0.25, -0.2) is 0 Å². The Morgan fingerprint density at radius 1 is 1.26 bits per heavy atom. The highest BCUT2D eigenvalue weighted by Crippen LogP contribution is 2.67. The number of carbonyl (C=O) groups is 2. The van der Waals surface area contributed by atoms with Gasteiger partial charge < -0.3 is 15.4 Å². The Morgan fingerprint density at radius 3 is 2.62 bits per heavy atom. The summed E-state index contributed by atoms with van der Waals surface area (Å²) in [5.41, 5.74) is 0.366. The molecule has 0 amide bonds. The van der Waals surface area contributed by atoms with E-state index < -0.39 is 18.1 Å². The number of hydroxylamine groups is 2. The summed E-state index contributed by atoms with van der Waals surface area (Å²) in [5.74, 6) is 0.325. The lowest BCUT2D eigenvalue weighted by Crippen LogP contribution is -2.56. The van der Waals surface area contributed by atoms with Gasteiger partial charge in [-0.1, -0.05) is 52.2 Å². The zero-order valence-corrected chi connectivity index (χ0v) is 21.2. The molecule has 4 rings (SSSR count). The fourth-order valence-electron chi connectivity index (χ4n) is 8.61. The monoisotopic (exact) mass is 473 g/mol. The number of aliphatic hydroxyl groups is 2. The molecule has 0 aromatic carbocycles. The van der Waals surface area contributed by atoms with Gasteiger partial charge >= 0.3 is 0 Å². The highest BCUT2D eigenvalue weighted by atomic mass is 16.5. The molecule has 0 radical (unpaired) electrons. The van der Waals surface area contributed by atoms with Crippen LogP contribution in [0, 0.1) is 46.3 Å². The summed E-state index contributed by atoms with van der Waals surface area (Å²) in [6, 6.07) is 0. The van der Waals surface area contributed by atoms with Crippen molar-refractivity contribution in [2.24, 2.45) is 46.3 Å². The number of fused-ring (bicyclic) bond motifs is 5. The standard InChI is InChI=1S/C28H43NO5/c1-5-17(6-2)14-29(34)15-18-11-22-21-8-7-19-12-20(31)9-10-27(19,3)26(21)23(32)13-28(22,4)25(18)24(33)16-30/h9-10,12,17-18,21-23,25-26,30,32,34H,5-8,11,13-16H2,1-4H3. The molecule has 0 aromatic rings. The number of aliphatic hydroxyl groups excluding tert-OH is 2. The molecular weight excluding hydrogens is 430 g/mol. The predicted molar refractivity (Wildman–Crippen MR) is 130 cm³/mol. The molecule has 3 fully saturated rings. The molecule has 4 aliphatic rings. The van der Waals surface area contributed by atoms with Gasteiger partial charge in [0.2, 0.25) is 0 Å². The summed E-state index contributed by atoms with van der Waals surface area (Å²) in [6.07, 6.45) is 9.87. The summed E-state index contributed by atoms with van der Waals surface area (Å²) in [5, 5.41) is 33.6. The quantitative estimate of drug-likeness (QED) is 0.464. The first kappa shape index (κ1) is 25.7. The average Bonchev–Trinajstić information content (AvgIpc) is 3.08. The van der Waals surface area contributed by atoms with Crippen LogP contribution in [0.4, 0.5) is 0 Å². The highest BCUT2D eigenvalue weighted by Gasteiger charge is 2.64. The first-order chi connectivity index (χ1) is 16.1. The van der Waals surface area contributed by atoms with Crippen LogP contribution in [0.3, 0.4) is 0 Å². The fourth-order valence-corrected chi connectivity index (χ4v) is 8.61. The molecule has 190 valence electrons. The lowest BCUT2D eigenvalue weighted by atomic mass is 9.46. The Balaban J connectivity index is 1.64. The molecule has 8 atom stereocenters. The molecule has 0 saturated heterocycles. The van der Waals surface area contributed by atoms with Crippen LogP contribution in [0.1, 0.15) is 66.2 Å². The van der Waals surface area contributed by atoms with Gasteiger partial charge in [0.1, 0.15) is 6.61 Å². The van der Waals surface area contributed by atoms with Gasteiger partial charge in [0, 0.05) is 30.3 Å². The van der Waals surface area contributed by atoms with E-state index in [1.807, 2.05) is 6.08 Å². The van der Waals surface area contributed by atoms with E-state index in [1.165, 1.54) is 5.06 Å². The Labute approximate surface area is 204 Å². The van der Waals surface area contributed by atoms with Crippen molar-refractivity contribution >= 4 is 11.6 Å². The maximum absolute atomic E-state index is 13.1. The zero-order valence-electron chi connectivity index (χ0n) is 21.2. The van der Waals surface area contributed by atoms with Crippen molar-refractivity contribution in [3.05, 3.63) is 23.8 Å². The van der Waals surface area contributed by atoms with Crippen molar-refractivity contribution in [3.8, 4) is 0 Å². The molecule has 4 aliphatic carbocycles. The molecule has 34 heavy (non-hydrogen) atoms. The van der Waals surface area contributed by atoms with Crippen LogP contribution in [0.25, 0.3) is 0 Å². The lowest BCUT2D eigenvalue weighted by molar-refractivity contribution is -0.146. The second kappa shape index (κ2) is 9.61. The summed E-state index contributed by atoms with van der Waals surface area (Å²) in [7, 11) is 0. The van der Waals surface area contributed by atoms with Crippen molar-refractivity contribution < 1.29 is 25.0 Å². The van der Waals surface area contributed by atoms with Gasteiger partial charge in [-0.15, -0.1) is 0 Å². The molecule has 3 N–H and O–H groups in total. The van der Waals surface area contributed by atoms with Gasteiger partial charge in [-0.2, -0.15) is 5.06 Å². The first-order valence-electron chi connectivity index (χ1n) is 13.3. The van der Waals surface area contributed by atoms with Crippen molar-refractivity contribution in [1.82, 2.24) is 5.06 Å². The third kappa shape index (κ3) is 4.15. The number of nitrogens with zero attached hydrogens (tertiary/aromatic N) is 1. The first-order valence-corrected chi connectivity index (χ1v) is 13.3. The highest BCUT2D eigenvalue weighted by molar-refractivity contribution is 6.01. The largest absolute Gasteiger partial charge is 0.393 e. The van der Waals surface area contributed by atoms with E-state index in [-0.39, 0.29) is 46.6 Å². The maximum Gasteiger partial charge on any atom is 0.178 e. The number of hydrogen-bond acceptors (Lipinski definition) is 6. The van der Waals surface area contributed by atoms with E-state index in [0.29, 0.717) is 25.4 Å². The Morgan fingerprint density at radius 2 is 1.97 bits per heavy atom. The summed E-state index contributed by atoms with van der Waals surface area (Å²) in [4.78, 5) is 25.1. The minimum atomic E-state index is -0.583. The van der Waals surface area contributed by atoms with E-state index in [4.69, 9.17) is 0 Å². The maximum atomic E-state index is 13.1. The van der Waals surface area contributed by atoms with E-state index >= 15 is 0 Å². The summed E-state index contributed by atoms with van der Waals surface area (Å²) >= 11 is 0. The molecule has 0 aliphatic heterocycles. The normalized spacial score (nSPS) is 41.3. The molecular formula is C28H43NO5. The van der Waals surface area contributed by atoms with Crippen LogP contribution in [-0.4, -0.2) is 57.9 Å². The van der Waals surface area contributed by atoms with Crippen LogP contribution < -0.4 is 0 Å². The number of allylic oxidation sites excluding steroid dienone is 4. The van der Waals surface area contributed by atoms with Crippen LogP contribution in [0.5, 0.6) is 0 Å². The van der Waals surface area contributed by atoms with Crippen LogP contribution >= 0.6 is 0 Å². The third-order valence-electron chi connectivity index (χ3n) is 10.2. The lowest BCUT2D eigenvalue weighted by Gasteiger charge is -2.58. The number of Topliss-reactive ketones (excluding diaryl/α,β-unsaturated/α-hetero) is 1. The van der Waals surface area contributed by atoms with Crippen molar-refractivity contribution in [2.45, 2.75) is 72.3 Å². The fraction of sp³-hybridized carbons (Fsp3) is 0.786. The second-order valence-corrected chi connectivity index (χ2v) is 12.0. The van der Waals surface area contributed by atoms with Crippen LogP contribution in [0.15, 0.2) is 23.8 Å². The molecule has 0 heterocycles. The smallest absolute Gasteiger partial charge is 0.178 e. The molecule has 0 aromatic heterocycles. The topological polar surface area (TPSA) is 98.1 Å². The van der Waals surface area contributed by atoms with Crippen molar-refractivity contribution in [1.29, 1.82) is 0 Å². The van der Waals surface area contributed by atoms with E-state index in [0.717, 1.165) is 37.7 Å². The molecule has 0 spiro atoms. The summed E-state index contributed by atoms with van der Waals surface area (Å²) < 4.78 is 0. The number of ketones is 2. The molecule has 3 saturated carbocycles. The molecule has 6 nitrogen and oxygen atoms in total. The Hall–Kier alpha value is -1.34. The van der Waals surface area contributed by atoms with E-state index in [1.54, 1.807) is 12.2 Å². The Bertz CT molecular complexity index is 863.